The molecule has 4 atom stereocenters. The largest absolute Gasteiger partial charge is 0.353 e. The van der Waals surface area contributed by atoms with Crippen molar-refractivity contribution in [3.05, 3.63) is 0 Å². The number of fused-ring (bicyclic) bond motifs is 2. The Hall–Kier alpha value is -1.59. The van der Waals surface area contributed by atoms with Gasteiger partial charge in [0.15, 0.2) is 0 Å². The fraction of sp³-hybridized carbons (Fsp3) is 0.812. The van der Waals surface area contributed by atoms with Crippen LogP contribution in [0.3, 0.4) is 0 Å². The van der Waals surface area contributed by atoms with Crippen molar-refractivity contribution in [2.75, 3.05) is 0 Å². The zero-order chi connectivity index (χ0) is 16.1. The van der Waals surface area contributed by atoms with Crippen molar-refractivity contribution in [3.63, 3.8) is 0 Å². The predicted molar refractivity (Wildman–Crippen MR) is 80.9 cm³/mol. The molecule has 1 heterocycles. The Balaban J connectivity index is 1.53. The molecule has 2 bridgehead atoms. The van der Waals surface area contributed by atoms with Gasteiger partial charge in [0.1, 0.15) is 6.04 Å². The molecule has 0 unspecified atom stereocenters. The monoisotopic (exact) mass is 307 g/mol. The van der Waals surface area contributed by atoms with Gasteiger partial charge in [-0.15, -0.1) is 0 Å². The second-order valence-electron chi connectivity index (χ2n) is 7.78. The lowest BCUT2D eigenvalue weighted by molar-refractivity contribution is -0.123. The van der Waals surface area contributed by atoms with Crippen LogP contribution in [0.1, 0.15) is 52.9 Å². The average Bonchev–Trinajstić information content (AvgIpc) is 2.93. The fourth-order valence-corrected chi connectivity index (χ4v) is 4.63. The Bertz CT molecular complexity index is 531. The lowest BCUT2D eigenvalue weighted by Crippen LogP contribution is -2.47. The molecule has 6 nitrogen and oxygen atoms in total. The second-order valence-corrected chi connectivity index (χ2v) is 7.78. The molecular formula is C16H25N3O3. The summed E-state index contributed by atoms with van der Waals surface area (Å²) in [7, 11) is 0. The lowest BCUT2D eigenvalue weighted by Gasteiger charge is -2.39. The fourth-order valence-electron chi connectivity index (χ4n) is 4.63. The van der Waals surface area contributed by atoms with E-state index in [2.05, 4.69) is 36.7 Å². The molecule has 0 aromatic heterocycles. The van der Waals surface area contributed by atoms with Gasteiger partial charge < -0.3 is 10.6 Å². The van der Waals surface area contributed by atoms with Crippen LogP contribution in [0.4, 0.5) is 4.79 Å². The first-order chi connectivity index (χ1) is 10.2. The number of urea groups is 1. The van der Waals surface area contributed by atoms with Crippen LogP contribution in [0.25, 0.3) is 0 Å². The Morgan fingerprint density at radius 3 is 2.55 bits per heavy atom. The highest BCUT2D eigenvalue weighted by molar-refractivity contribution is 6.04. The van der Waals surface area contributed by atoms with Crippen LogP contribution in [0.5, 0.6) is 0 Å². The molecule has 22 heavy (non-hydrogen) atoms. The van der Waals surface area contributed by atoms with Gasteiger partial charge in [0, 0.05) is 12.5 Å². The van der Waals surface area contributed by atoms with E-state index in [1.54, 1.807) is 0 Å². The summed E-state index contributed by atoms with van der Waals surface area (Å²) < 4.78 is 0. The zero-order valence-electron chi connectivity index (χ0n) is 13.5. The van der Waals surface area contributed by atoms with E-state index in [0.29, 0.717) is 12.3 Å². The third-order valence-corrected chi connectivity index (χ3v) is 6.65. The van der Waals surface area contributed by atoms with Gasteiger partial charge in [0.25, 0.3) is 5.91 Å². The van der Waals surface area contributed by atoms with Crippen LogP contribution < -0.4 is 16.0 Å². The lowest BCUT2D eigenvalue weighted by atomic mass is 9.69. The van der Waals surface area contributed by atoms with E-state index >= 15 is 0 Å². The van der Waals surface area contributed by atoms with Crippen LogP contribution >= 0.6 is 0 Å². The molecule has 6 heteroatoms. The third-order valence-electron chi connectivity index (χ3n) is 6.65. The van der Waals surface area contributed by atoms with Crippen molar-refractivity contribution in [2.24, 2.45) is 16.7 Å². The average molecular weight is 307 g/mol. The molecule has 0 spiro atoms. The van der Waals surface area contributed by atoms with Crippen molar-refractivity contribution in [3.8, 4) is 0 Å². The summed E-state index contributed by atoms with van der Waals surface area (Å²) in [5.41, 5.74) is 0.427. The molecule has 122 valence electrons. The number of hydrogen-bond acceptors (Lipinski definition) is 3. The number of carbonyl (C=O) groups is 3. The van der Waals surface area contributed by atoms with Gasteiger partial charge in [0.2, 0.25) is 5.91 Å². The summed E-state index contributed by atoms with van der Waals surface area (Å²) in [6.07, 6.45) is 4.08. The van der Waals surface area contributed by atoms with E-state index in [-0.39, 0.29) is 35.1 Å². The number of imide groups is 1. The molecule has 3 rings (SSSR count). The highest BCUT2D eigenvalue weighted by Gasteiger charge is 2.61. The minimum atomic E-state index is -0.578. The number of hydrogen-bond donors (Lipinski definition) is 3. The van der Waals surface area contributed by atoms with E-state index < -0.39 is 12.1 Å². The van der Waals surface area contributed by atoms with Gasteiger partial charge in [-0.25, -0.2) is 4.79 Å². The van der Waals surface area contributed by atoms with Gasteiger partial charge >= 0.3 is 6.03 Å². The van der Waals surface area contributed by atoms with Gasteiger partial charge in [-0.05, 0) is 42.4 Å². The van der Waals surface area contributed by atoms with Crippen LogP contribution in [-0.2, 0) is 9.59 Å². The van der Waals surface area contributed by atoms with Crippen molar-refractivity contribution in [2.45, 2.75) is 65.0 Å². The topological polar surface area (TPSA) is 87.3 Å². The van der Waals surface area contributed by atoms with Gasteiger partial charge in [0.05, 0.1) is 0 Å². The molecule has 0 radical (unpaired) electrons. The molecule has 2 saturated carbocycles. The molecule has 3 N–H and O–H groups in total. The number of nitrogens with one attached hydrogen (secondary N) is 3. The van der Waals surface area contributed by atoms with E-state index in [0.717, 1.165) is 12.8 Å². The summed E-state index contributed by atoms with van der Waals surface area (Å²) in [6, 6.07) is -0.830. The van der Waals surface area contributed by atoms with E-state index in [9.17, 15) is 14.4 Å². The predicted octanol–water partition coefficient (Wildman–Crippen LogP) is 1.31. The molecular weight excluding hydrogens is 282 g/mol. The van der Waals surface area contributed by atoms with Gasteiger partial charge in [-0.3, -0.25) is 14.9 Å². The Morgan fingerprint density at radius 1 is 1.32 bits per heavy atom. The van der Waals surface area contributed by atoms with Gasteiger partial charge in [-0.1, -0.05) is 20.8 Å². The van der Waals surface area contributed by atoms with E-state index in [4.69, 9.17) is 0 Å². The molecule has 3 fully saturated rings. The summed E-state index contributed by atoms with van der Waals surface area (Å²) >= 11 is 0. The SMILES string of the molecule is CC1(C)[C@H]2CC[C@@]1(C)[C@H](NC(=O)CC[C@H]1NC(=O)NC1=O)C2. The van der Waals surface area contributed by atoms with Crippen LogP contribution in [-0.4, -0.2) is 29.9 Å². The van der Waals surface area contributed by atoms with Crippen molar-refractivity contribution in [1.82, 2.24) is 16.0 Å². The number of amides is 4. The maximum Gasteiger partial charge on any atom is 0.322 e. The first-order valence-corrected chi connectivity index (χ1v) is 8.15. The zero-order valence-corrected chi connectivity index (χ0v) is 13.5. The van der Waals surface area contributed by atoms with Crippen molar-refractivity contribution in [1.29, 1.82) is 0 Å². The van der Waals surface area contributed by atoms with E-state index in [1.165, 1.54) is 6.42 Å². The Kier molecular flexibility index (Phi) is 3.45. The standard InChI is InChI=1S/C16H25N3O3/c1-15(2)9-6-7-16(15,3)11(8-9)18-12(20)5-4-10-13(21)19-14(22)17-10/h9-11H,4-8H2,1-3H3,(H,18,20)(H2,17,19,21,22)/t9-,10+,11+,16-/m0/s1. The molecule has 1 saturated heterocycles. The molecule has 0 aromatic carbocycles. The Morgan fingerprint density at radius 2 is 2.05 bits per heavy atom. The normalized spacial score (nSPS) is 38.8. The van der Waals surface area contributed by atoms with E-state index in [1.807, 2.05) is 0 Å². The summed E-state index contributed by atoms with van der Waals surface area (Å²) in [5.74, 6) is 0.317. The van der Waals surface area contributed by atoms with Gasteiger partial charge in [-0.2, -0.15) is 0 Å². The first kappa shape index (κ1) is 15.3. The maximum atomic E-state index is 12.2. The summed E-state index contributed by atoms with van der Waals surface area (Å²) in [4.78, 5) is 34.7. The number of carbonyl (C=O) groups excluding carboxylic acids is 3. The summed E-state index contributed by atoms with van der Waals surface area (Å²) in [6.45, 7) is 6.92. The highest BCUT2D eigenvalue weighted by Crippen LogP contribution is 2.65. The van der Waals surface area contributed by atoms with Crippen LogP contribution in [0.15, 0.2) is 0 Å². The minimum absolute atomic E-state index is 0.0245. The van der Waals surface area contributed by atoms with Crippen molar-refractivity contribution < 1.29 is 14.4 Å². The quantitative estimate of drug-likeness (QED) is 0.684. The highest BCUT2D eigenvalue weighted by atomic mass is 16.2. The Labute approximate surface area is 130 Å². The van der Waals surface area contributed by atoms with Crippen molar-refractivity contribution >= 4 is 17.8 Å². The molecule has 3 aliphatic rings. The van der Waals surface area contributed by atoms with Crippen LogP contribution in [0, 0.1) is 16.7 Å². The summed E-state index contributed by atoms with van der Waals surface area (Å²) in [5, 5.41) is 7.88. The maximum absolute atomic E-state index is 12.2. The molecule has 4 amide bonds. The molecule has 1 aliphatic heterocycles. The molecule has 2 aliphatic carbocycles. The minimum Gasteiger partial charge on any atom is -0.353 e. The smallest absolute Gasteiger partial charge is 0.322 e. The third kappa shape index (κ3) is 2.20. The van der Waals surface area contributed by atoms with Crippen LogP contribution in [0.2, 0.25) is 0 Å². The first-order valence-electron chi connectivity index (χ1n) is 8.15. The second kappa shape index (κ2) is 4.96. The number of rotatable bonds is 4. The molecule has 0 aromatic rings.